The van der Waals surface area contributed by atoms with E-state index in [1.165, 1.54) is 5.69 Å². The zero-order valence-electron chi connectivity index (χ0n) is 9.88. The van der Waals surface area contributed by atoms with Crippen LogP contribution in [-0.2, 0) is 19.6 Å². The lowest BCUT2D eigenvalue weighted by atomic mass is 10.1. The highest BCUT2D eigenvalue weighted by Gasteiger charge is 2.19. The molecule has 94 valence electrons. The summed E-state index contributed by atoms with van der Waals surface area (Å²) >= 11 is 3.48. The number of nitrogens with two attached hydrogens (primary N) is 1. The van der Waals surface area contributed by atoms with Gasteiger partial charge >= 0.3 is 0 Å². The third-order valence-corrected chi connectivity index (χ3v) is 3.73. The van der Waals surface area contributed by atoms with Crippen LogP contribution in [0.15, 0.2) is 29.0 Å². The lowest BCUT2D eigenvalue weighted by Gasteiger charge is -2.30. The van der Waals surface area contributed by atoms with Gasteiger partial charge in [0, 0.05) is 29.8 Å². The molecule has 1 aliphatic rings. The van der Waals surface area contributed by atoms with Gasteiger partial charge in [0.1, 0.15) is 6.33 Å². The Morgan fingerprint density at radius 1 is 1.33 bits per heavy atom. The van der Waals surface area contributed by atoms with E-state index in [0.717, 1.165) is 35.5 Å². The highest BCUT2D eigenvalue weighted by molar-refractivity contribution is 9.10. The van der Waals surface area contributed by atoms with Crippen molar-refractivity contribution in [2.24, 2.45) is 5.73 Å². The number of halogens is 1. The van der Waals surface area contributed by atoms with Crippen molar-refractivity contribution in [3.8, 4) is 0 Å². The van der Waals surface area contributed by atoms with Crippen molar-refractivity contribution in [3.63, 3.8) is 0 Å². The molecule has 0 fully saturated rings. The average molecular weight is 308 g/mol. The van der Waals surface area contributed by atoms with E-state index in [4.69, 9.17) is 5.73 Å². The van der Waals surface area contributed by atoms with E-state index in [2.05, 4.69) is 47.7 Å². The number of aromatic nitrogens is 3. The van der Waals surface area contributed by atoms with Crippen LogP contribution < -0.4 is 10.6 Å². The molecule has 1 aliphatic heterocycles. The number of hydrogen-bond acceptors (Lipinski definition) is 4. The fraction of sp³-hybridized carbons (Fsp3) is 0.333. The van der Waals surface area contributed by atoms with E-state index < -0.39 is 0 Å². The summed E-state index contributed by atoms with van der Waals surface area (Å²) in [5, 5.41) is 8.08. The quantitative estimate of drug-likeness (QED) is 0.914. The van der Waals surface area contributed by atoms with Gasteiger partial charge in [-0.05, 0) is 23.8 Å². The van der Waals surface area contributed by atoms with Gasteiger partial charge in [-0.15, -0.1) is 10.2 Å². The van der Waals surface area contributed by atoms with Crippen molar-refractivity contribution < 1.29 is 0 Å². The van der Waals surface area contributed by atoms with Crippen LogP contribution in [0, 0.1) is 0 Å². The van der Waals surface area contributed by atoms with Crippen LogP contribution in [0.2, 0.25) is 0 Å². The van der Waals surface area contributed by atoms with Gasteiger partial charge in [0.15, 0.2) is 5.82 Å². The predicted molar refractivity (Wildman–Crippen MR) is 73.1 cm³/mol. The van der Waals surface area contributed by atoms with Crippen LogP contribution >= 0.6 is 15.9 Å². The summed E-state index contributed by atoms with van der Waals surface area (Å²) < 4.78 is 3.16. The Morgan fingerprint density at radius 3 is 3.06 bits per heavy atom. The van der Waals surface area contributed by atoms with Gasteiger partial charge in [0.2, 0.25) is 0 Å². The second-order valence-corrected chi connectivity index (χ2v) is 5.25. The molecule has 5 nitrogen and oxygen atoms in total. The Hall–Kier alpha value is -1.40. The third kappa shape index (κ3) is 2.02. The maximum Gasteiger partial charge on any atom is 0.152 e. The largest absolute Gasteiger partial charge is 0.362 e. The number of hydrogen-bond donors (Lipinski definition) is 1. The van der Waals surface area contributed by atoms with Crippen molar-refractivity contribution >= 4 is 21.6 Å². The molecule has 2 heterocycles. The molecule has 0 amide bonds. The van der Waals surface area contributed by atoms with Gasteiger partial charge in [-0.3, -0.25) is 0 Å². The summed E-state index contributed by atoms with van der Waals surface area (Å²) in [5.74, 6) is 1.01. The van der Waals surface area contributed by atoms with Crippen LogP contribution in [0.5, 0.6) is 0 Å². The Kier molecular flexibility index (Phi) is 3.05. The minimum atomic E-state index is 0.540. The number of benzene rings is 1. The molecule has 6 heteroatoms. The molecule has 0 saturated carbocycles. The fourth-order valence-corrected chi connectivity index (χ4v) is 2.71. The first kappa shape index (κ1) is 11.7. The topological polar surface area (TPSA) is 60.0 Å². The highest BCUT2D eigenvalue weighted by atomic mass is 79.9. The van der Waals surface area contributed by atoms with Crippen LogP contribution in [0.4, 0.5) is 5.69 Å². The number of anilines is 1. The van der Waals surface area contributed by atoms with Crippen molar-refractivity contribution in [2.75, 3.05) is 11.4 Å². The van der Waals surface area contributed by atoms with E-state index in [1.807, 2.05) is 6.07 Å². The van der Waals surface area contributed by atoms with E-state index in [-0.39, 0.29) is 0 Å². The molecule has 0 spiro atoms. The first-order valence-corrected chi connectivity index (χ1v) is 6.67. The van der Waals surface area contributed by atoms with Gasteiger partial charge < -0.3 is 15.2 Å². The van der Waals surface area contributed by atoms with Crippen LogP contribution in [-0.4, -0.2) is 21.3 Å². The predicted octanol–water partition coefficient (Wildman–Crippen LogP) is 1.52. The van der Waals surface area contributed by atoms with Crippen molar-refractivity contribution in [3.05, 3.63) is 40.4 Å². The molecule has 0 bridgehead atoms. The van der Waals surface area contributed by atoms with E-state index >= 15 is 0 Å². The van der Waals surface area contributed by atoms with Gasteiger partial charge in [-0.25, -0.2) is 0 Å². The Morgan fingerprint density at radius 2 is 2.22 bits per heavy atom. The average Bonchev–Trinajstić information content (AvgIpc) is 2.85. The first-order valence-electron chi connectivity index (χ1n) is 5.88. The second kappa shape index (κ2) is 4.70. The molecule has 2 aromatic rings. The molecule has 0 unspecified atom stereocenters. The summed E-state index contributed by atoms with van der Waals surface area (Å²) in [4.78, 5) is 2.30. The van der Waals surface area contributed by atoms with Crippen molar-refractivity contribution in [1.29, 1.82) is 0 Å². The SMILES string of the molecule is NCc1cc(Br)ccc1N1CCn2cnnc2C1. The van der Waals surface area contributed by atoms with Crippen molar-refractivity contribution in [2.45, 2.75) is 19.6 Å². The van der Waals surface area contributed by atoms with E-state index in [9.17, 15) is 0 Å². The van der Waals surface area contributed by atoms with E-state index in [0.29, 0.717) is 6.54 Å². The molecule has 0 radical (unpaired) electrons. The maximum atomic E-state index is 5.82. The standard InChI is InChI=1S/C12H14BrN5/c13-10-1-2-11(9(5-10)6-14)17-3-4-18-8-15-16-12(18)7-17/h1-2,5,8H,3-4,6-7,14H2. The van der Waals surface area contributed by atoms with Crippen LogP contribution in [0.1, 0.15) is 11.4 Å². The molecule has 1 aromatic heterocycles. The fourth-order valence-electron chi connectivity index (χ4n) is 2.30. The maximum absolute atomic E-state index is 5.82. The summed E-state index contributed by atoms with van der Waals surface area (Å²) in [7, 11) is 0. The number of nitrogens with zero attached hydrogens (tertiary/aromatic N) is 4. The van der Waals surface area contributed by atoms with Gasteiger partial charge in [-0.2, -0.15) is 0 Å². The first-order chi connectivity index (χ1) is 8.78. The zero-order valence-corrected chi connectivity index (χ0v) is 11.5. The molecule has 2 N–H and O–H groups in total. The summed E-state index contributed by atoms with van der Waals surface area (Å²) in [6, 6.07) is 6.24. The molecule has 0 saturated heterocycles. The van der Waals surface area contributed by atoms with Gasteiger partial charge in [0.25, 0.3) is 0 Å². The monoisotopic (exact) mass is 307 g/mol. The van der Waals surface area contributed by atoms with Gasteiger partial charge in [-0.1, -0.05) is 15.9 Å². The third-order valence-electron chi connectivity index (χ3n) is 3.24. The molecular weight excluding hydrogens is 294 g/mol. The Balaban J connectivity index is 1.93. The smallest absolute Gasteiger partial charge is 0.152 e. The Bertz CT molecular complexity index is 565. The lowest BCUT2D eigenvalue weighted by molar-refractivity contribution is 0.559. The Labute approximate surface area is 114 Å². The molecule has 3 rings (SSSR count). The lowest BCUT2D eigenvalue weighted by Crippen LogP contribution is -2.34. The number of fused-ring (bicyclic) bond motifs is 1. The van der Waals surface area contributed by atoms with Crippen LogP contribution in [0.3, 0.4) is 0 Å². The van der Waals surface area contributed by atoms with E-state index in [1.54, 1.807) is 6.33 Å². The summed E-state index contributed by atoms with van der Waals surface area (Å²) in [6.45, 7) is 3.20. The van der Waals surface area contributed by atoms with Crippen molar-refractivity contribution in [1.82, 2.24) is 14.8 Å². The summed E-state index contributed by atoms with van der Waals surface area (Å²) in [6.07, 6.45) is 1.79. The molecule has 0 aliphatic carbocycles. The van der Waals surface area contributed by atoms with Gasteiger partial charge in [0.05, 0.1) is 6.54 Å². The molecule has 1 aromatic carbocycles. The highest BCUT2D eigenvalue weighted by Crippen LogP contribution is 2.26. The normalized spacial score (nSPS) is 14.7. The molecule has 0 atom stereocenters. The minimum absolute atomic E-state index is 0.540. The second-order valence-electron chi connectivity index (χ2n) is 4.34. The molecule has 18 heavy (non-hydrogen) atoms. The summed E-state index contributed by atoms with van der Waals surface area (Å²) in [5.41, 5.74) is 8.16. The molecular formula is C12H14BrN5. The minimum Gasteiger partial charge on any atom is -0.362 e. The number of rotatable bonds is 2. The zero-order chi connectivity index (χ0) is 12.5. The van der Waals surface area contributed by atoms with Crippen LogP contribution in [0.25, 0.3) is 0 Å².